The van der Waals surface area contributed by atoms with Crippen LogP contribution in [0.2, 0.25) is 0 Å². The molecule has 2 aliphatic rings. The van der Waals surface area contributed by atoms with Crippen LogP contribution in [-0.4, -0.2) is 56.6 Å². The van der Waals surface area contributed by atoms with E-state index in [0.717, 1.165) is 57.6 Å². The monoisotopic (exact) mass is 353 g/mol. The third kappa shape index (κ3) is 3.90. The van der Waals surface area contributed by atoms with Crippen LogP contribution >= 0.6 is 0 Å². The maximum Gasteiger partial charge on any atom is 0.244 e. The van der Waals surface area contributed by atoms with Gasteiger partial charge in [0, 0.05) is 39.0 Å². The first-order chi connectivity index (χ1) is 11.6. The summed E-state index contributed by atoms with van der Waals surface area (Å²) in [6.07, 6.45) is 6.94. The van der Waals surface area contributed by atoms with Crippen molar-refractivity contribution in [3.05, 3.63) is 18.3 Å². The maximum atomic E-state index is 12.7. The average molecular weight is 353 g/mol. The van der Waals surface area contributed by atoms with Gasteiger partial charge in [-0.3, -0.25) is 0 Å². The lowest BCUT2D eigenvalue weighted by atomic mass is 10.2. The molecule has 0 bridgehead atoms. The summed E-state index contributed by atoms with van der Waals surface area (Å²) in [4.78, 5) is 6.86. The third-order valence-corrected chi connectivity index (χ3v) is 6.71. The normalized spacial score (nSPS) is 22.6. The molecule has 3 heterocycles. The SMILES string of the molecule is CCN(CC1CCCO1)c1ccc(S(=O)(=O)N2CCCCC2)cn1. The molecule has 7 heteroatoms. The van der Waals surface area contributed by atoms with Gasteiger partial charge >= 0.3 is 0 Å². The third-order valence-electron chi connectivity index (χ3n) is 4.83. The van der Waals surface area contributed by atoms with Crippen molar-refractivity contribution in [1.29, 1.82) is 0 Å². The molecule has 3 rings (SSSR count). The van der Waals surface area contributed by atoms with Gasteiger partial charge in [0.2, 0.25) is 10.0 Å². The van der Waals surface area contributed by atoms with E-state index in [4.69, 9.17) is 4.74 Å². The molecule has 0 aromatic carbocycles. The predicted molar refractivity (Wildman–Crippen MR) is 93.7 cm³/mol. The van der Waals surface area contributed by atoms with Crippen LogP contribution in [0.3, 0.4) is 0 Å². The molecule has 134 valence electrons. The molecule has 1 aromatic rings. The summed E-state index contributed by atoms with van der Waals surface area (Å²) in [7, 11) is -3.41. The van der Waals surface area contributed by atoms with Gasteiger partial charge in [-0.1, -0.05) is 6.42 Å². The number of nitrogens with zero attached hydrogens (tertiary/aromatic N) is 3. The van der Waals surface area contributed by atoms with E-state index in [1.54, 1.807) is 10.4 Å². The Bertz CT molecular complexity index is 621. The van der Waals surface area contributed by atoms with Crippen LogP contribution < -0.4 is 4.90 Å². The lowest BCUT2D eigenvalue weighted by Gasteiger charge is -2.27. The molecular formula is C17H27N3O3S. The first-order valence-corrected chi connectivity index (χ1v) is 10.4. The molecule has 6 nitrogen and oxygen atoms in total. The van der Waals surface area contributed by atoms with Gasteiger partial charge in [-0.15, -0.1) is 0 Å². The minimum Gasteiger partial charge on any atom is -0.376 e. The second-order valence-corrected chi connectivity index (χ2v) is 8.43. The molecule has 1 atom stereocenters. The van der Waals surface area contributed by atoms with Gasteiger partial charge in [-0.05, 0) is 44.7 Å². The molecule has 0 radical (unpaired) electrons. The second-order valence-electron chi connectivity index (χ2n) is 6.49. The Morgan fingerprint density at radius 1 is 1.25 bits per heavy atom. The van der Waals surface area contributed by atoms with Crippen molar-refractivity contribution in [2.45, 2.75) is 50.0 Å². The standard InChI is InChI=1S/C17H27N3O3S/c1-2-19(14-15-7-6-12-23-15)17-9-8-16(13-18-17)24(21,22)20-10-4-3-5-11-20/h8-9,13,15H,2-7,10-12,14H2,1H3. The minimum absolute atomic E-state index is 0.253. The zero-order valence-corrected chi connectivity index (χ0v) is 15.2. The first-order valence-electron chi connectivity index (χ1n) is 8.94. The van der Waals surface area contributed by atoms with Crippen molar-refractivity contribution in [2.24, 2.45) is 0 Å². The van der Waals surface area contributed by atoms with Crippen LogP contribution in [0.5, 0.6) is 0 Å². The van der Waals surface area contributed by atoms with Crippen molar-refractivity contribution >= 4 is 15.8 Å². The molecule has 24 heavy (non-hydrogen) atoms. The first kappa shape index (κ1) is 17.6. The smallest absolute Gasteiger partial charge is 0.244 e. The van der Waals surface area contributed by atoms with Gasteiger partial charge in [0.1, 0.15) is 10.7 Å². The summed E-state index contributed by atoms with van der Waals surface area (Å²) >= 11 is 0. The van der Waals surface area contributed by atoms with Crippen LogP contribution in [-0.2, 0) is 14.8 Å². The highest BCUT2D eigenvalue weighted by Crippen LogP contribution is 2.22. The Morgan fingerprint density at radius 2 is 2.04 bits per heavy atom. The van der Waals surface area contributed by atoms with Crippen LogP contribution in [0.1, 0.15) is 39.0 Å². The predicted octanol–water partition coefficient (Wildman–Crippen LogP) is 2.26. The van der Waals surface area contributed by atoms with Crippen molar-refractivity contribution in [3.8, 4) is 0 Å². The van der Waals surface area contributed by atoms with Crippen LogP contribution in [0.4, 0.5) is 5.82 Å². The Kier molecular flexibility index (Phi) is 5.73. The highest BCUT2D eigenvalue weighted by atomic mass is 32.2. The van der Waals surface area contributed by atoms with Gasteiger partial charge < -0.3 is 9.64 Å². The number of hydrogen-bond acceptors (Lipinski definition) is 5. The zero-order valence-electron chi connectivity index (χ0n) is 14.4. The summed E-state index contributed by atoms with van der Waals surface area (Å²) < 4.78 is 32.6. The largest absolute Gasteiger partial charge is 0.376 e. The number of likely N-dealkylation sites (N-methyl/N-ethyl adjacent to an activating group) is 1. The number of sulfonamides is 1. The highest BCUT2D eigenvalue weighted by Gasteiger charge is 2.26. The Labute approximate surface area is 144 Å². The number of hydrogen-bond donors (Lipinski definition) is 0. The van der Waals surface area contributed by atoms with E-state index < -0.39 is 10.0 Å². The molecule has 0 saturated carbocycles. The molecule has 0 spiro atoms. The fourth-order valence-corrected chi connectivity index (χ4v) is 4.85. The summed E-state index contributed by atoms with van der Waals surface area (Å²) in [5.74, 6) is 0.811. The molecule has 2 saturated heterocycles. The number of anilines is 1. The summed E-state index contributed by atoms with van der Waals surface area (Å²) in [5.41, 5.74) is 0. The second kappa shape index (κ2) is 7.80. The van der Waals surface area contributed by atoms with Crippen LogP contribution in [0.15, 0.2) is 23.2 Å². The van der Waals surface area contributed by atoms with E-state index in [2.05, 4.69) is 16.8 Å². The Balaban J connectivity index is 1.71. The molecule has 2 aliphatic heterocycles. The van der Waals surface area contributed by atoms with Crippen LogP contribution in [0.25, 0.3) is 0 Å². The number of pyridine rings is 1. The van der Waals surface area contributed by atoms with Crippen molar-refractivity contribution < 1.29 is 13.2 Å². The number of rotatable bonds is 6. The average Bonchev–Trinajstić information content (AvgIpc) is 3.14. The van der Waals surface area contributed by atoms with E-state index in [1.165, 1.54) is 6.20 Å². The number of aromatic nitrogens is 1. The van der Waals surface area contributed by atoms with Crippen molar-refractivity contribution in [2.75, 3.05) is 37.7 Å². The minimum atomic E-state index is -3.41. The zero-order chi connectivity index (χ0) is 17.0. The molecule has 2 fully saturated rings. The maximum absolute atomic E-state index is 12.7. The summed E-state index contributed by atoms with van der Waals surface area (Å²) in [6.45, 7) is 5.78. The van der Waals surface area contributed by atoms with E-state index >= 15 is 0 Å². The van der Waals surface area contributed by atoms with Gasteiger partial charge in [0.15, 0.2) is 0 Å². The van der Waals surface area contributed by atoms with E-state index in [0.29, 0.717) is 18.0 Å². The quantitative estimate of drug-likeness (QED) is 0.785. The molecule has 0 aliphatic carbocycles. The molecule has 1 unspecified atom stereocenters. The van der Waals surface area contributed by atoms with Gasteiger partial charge in [0.05, 0.1) is 6.10 Å². The summed E-state index contributed by atoms with van der Waals surface area (Å²) in [5, 5.41) is 0. The molecule has 0 N–H and O–H groups in total. The van der Waals surface area contributed by atoms with Gasteiger partial charge in [-0.2, -0.15) is 4.31 Å². The van der Waals surface area contributed by atoms with Crippen molar-refractivity contribution in [1.82, 2.24) is 9.29 Å². The number of ether oxygens (including phenoxy) is 1. The van der Waals surface area contributed by atoms with Crippen molar-refractivity contribution in [3.63, 3.8) is 0 Å². The van der Waals surface area contributed by atoms with E-state index in [1.807, 2.05) is 6.07 Å². The molecule has 1 aromatic heterocycles. The molecule has 0 amide bonds. The highest BCUT2D eigenvalue weighted by molar-refractivity contribution is 7.89. The Hall–Kier alpha value is -1.18. The molecular weight excluding hydrogens is 326 g/mol. The topological polar surface area (TPSA) is 62.7 Å². The lowest BCUT2D eigenvalue weighted by Crippen LogP contribution is -2.36. The van der Waals surface area contributed by atoms with Gasteiger partial charge in [0.25, 0.3) is 0 Å². The van der Waals surface area contributed by atoms with Crippen LogP contribution in [0, 0.1) is 0 Å². The summed E-state index contributed by atoms with van der Waals surface area (Å²) in [6, 6.07) is 3.50. The van der Waals surface area contributed by atoms with E-state index in [-0.39, 0.29) is 6.10 Å². The van der Waals surface area contributed by atoms with E-state index in [9.17, 15) is 8.42 Å². The van der Waals surface area contributed by atoms with Gasteiger partial charge in [-0.25, -0.2) is 13.4 Å². The fourth-order valence-electron chi connectivity index (χ4n) is 3.39. The lowest BCUT2D eigenvalue weighted by molar-refractivity contribution is 0.115. The fraction of sp³-hybridized carbons (Fsp3) is 0.706. The number of piperidine rings is 1. The Morgan fingerprint density at radius 3 is 2.62 bits per heavy atom.